The number of aliphatic carboxylic acids is 1. The van der Waals surface area contributed by atoms with Crippen molar-refractivity contribution in [3.05, 3.63) is 29.3 Å². The van der Waals surface area contributed by atoms with E-state index in [9.17, 15) is 66.5 Å². The fourth-order valence-corrected chi connectivity index (χ4v) is 11.6. The lowest BCUT2D eigenvalue weighted by Gasteiger charge is -2.35. The first-order valence-corrected chi connectivity index (χ1v) is 29.3. The molecule has 7 amide bonds. The second kappa shape index (κ2) is 29.6. The van der Waals surface area contributed by atoms with E-state index in [1.165, 1.54) is 4.90 Å². The first kappa shape index (κ1) is 62.3. The molecule has 6 aliphatic heterocycles. The molecule has 2 bridgehead atoms. The van der Waals surface area contributed by atoms with E-state index >= 15 is 0 Å². The molecule has 0 radical (unpaired) electrons. The molecular weight excluding hydrogens is 1080 g/mol. The summed E-state index contributed by atoms with van der Waals surface area (Å²) < 4.78 is 28.3. The van der Waals surface area contributed by atoms with Gasteiger partial charge in [-0.2, -0.15) is 0 Å². The second-order valence-electron chi connectivity index (χ2n) is 21.6. The average Bonchev–Trinajstić information content (AvgIpc) is 4.20. The molecule has 4 fully saturated rings. The normalized spacial score (nSPS) is 24.9. The Morgan fingerprint density at radius 1 is 0.741 bits per heavy atom. The van der Waals surface area contributed by atoms with Crippen molar-refractivity contribution in [3.63, 3.8) is 0 Å². The number of fused-ring (bicyclic) bond motifs is 3. The summed E-state index contributed by atoms with van der Waals surface area (Å²) in [6, 6.07) is 0.104. The van der Waals surface area contributed by atoms with Crippen LogP contribution in [0.5, 0.6) is 0 Å². The van der Waals surface area contributed by atoms with Gasteiger partial charge in [-0.05, 0) is 68.2 Å². The number of hydrogen-bond donors (Lipinski definition) is 8. The molecule has 7 rings (SSSR count). The van der Waals surface area contributed by atoms with Crippen LogP contribution < -0.4 is 36.8 Å². The minimum absolute atomic E-state index is 0.0295. The Morgan fingerprint density at radius 2 is 1.38 bits per heavy atom. The van der Waals surface area contributed by atoms with Gasteiger partial charge in [0.25, 0.3) is 11.9 Å². The highest BCUT2D eigenvalue weighted by molar-refractivity contribution is 6.41. The van der Waals surface area contributed by atoms with Gasteiger partial charge in [0.15, 0.2) is 0 Å². The summed E-state index contributed by atoms with van der Waals surface area (Å²) in [6.07, 6.45) is -0.0374. The van der Waals surface area contributed by atoms with Gasteiger partial charge in [0.05, 0.1) is 31.7 Å². The van der Waals surface area contributed by atoms with Gasteiger partial charge in [0.1, 0.15) is 30.2 Å². The number of aliphatic hydroxyl groups excluding tert-OH is 1. The number of carboxylic acid groups (broad SMARTS) is 1. The molecule has 0 spiro atoms. The van der Waals surface area contributed by atoms with Crippen molar-refractivity contribution >= 4 is 86.2 Å². The van der Waals surface area contributed by atoms with Crippen LogP contribution in [0.2, 0.25) is 0 Å². The Balaban J connectivity index is 0.818. The molecule has 444 valence electrons. The Kier molecular flexibility index (Phi) is 22.7. The van der Waals surface area contributed by atoms with E-state index < -0.39 is 123 Å². The minimum atomic E-state index is -3.91. The highest BCUT2D eigenvalue weighted by atomic mass is 27.3. The van der Waals surface area contributed by atoms with Gasteiger partial charge in [-0.1, -0.05) is 38.5 Å². The molecule has 1 aromatic carbocycles. The summed E-state index contributed by atoms with van der Waals surface area (Å²) in [4.78, 5) is 152. The first-order valence-electron chi connectivity index (χ1n) is 27.9. The zero-order chi connectivity index (χ0) is 58.3. The number of carboxylic acids is 1. The number of nitrogens with zero attached hydrogens (tertiary/aromatic N) is 5. The van der Waals surface area contributed by atoms with Crippen LogP contribution in [0.15, 0.2) is 18.2 Å². The summed E-state index contributed by atoms with van der Waals surface area (Å²) in [5.41, 5.74) is 2.13. The molecule has 4 unspecified atom stereocenters. The van der Waals surface area contributed by atoms with Gasteiger partial charge in [0.2, 0.25) is 47.6 Å². The monoisotopic (exact) mass is 1160 g/mol. The standard InChI is InChI=1S/C52H77N11O16.Al.FH/c1-3-31(2)46(50(76)56-36-8-7-33-5-4-6-34-25-38(63(47(33)34)51(36)77)49(75)57-37-26-45(73)79-52(37)78)58-40(65)12-15-53-39(64)11-16-54-48(74)35(9-10-42(67)68)55-41(66)28-59-17-13-32(14-18-59)27-60-19-21-61(29-43(69)70)23-24-62(22-20-60)30-44(71)72;;/h4-6,31-32,35-38,46,52,78H,3,7-30H2,1-2H3,(H,53,64)(H,54,74)(H,55,66)(H,56,76)(H,57,75)(H,58,65)(H,67,68)(H,69,70)(H,71,72);;1H/q;+3;/p-3/t31-,35+,36-,37?,38-,46-,52?;;/m0../s1. The third kappa shape index (κ3) is 18.1. The molecule has 1 aromatic rings. The number of aliphatic hydroxyl groups is 1. The van der Waals surface area contributed by atoms with Crippen LogP contribution in [-0.4, -0.2) is 238 Å². The van der Waals surface area contributed by atoms with Gasteiger partial charge in [-0.3, -0.25) is 72.3 Å². The lowest BCUT2D eigenvalue weighted by atomic mass is 9.96. The number of anilines is 1. The van der Waals surface area contributed by atoms with E-state index in [1.54, 1.807) is 6.92 Å². The van der Waals surface area contributed by atoms with Gasteiger partial charge >= 0.3 is 27.2 Å². The zero-order valence-corrected chi connectivity index (χ0v) is 47.0. The number of rotatable bonds is 22. The number of cyclic esters (lactones) is 1. The molecule has 6 heterocycles. The third-order valence-corrected chi connectivity index (χ3v) is 16.6. The van der Waals surface area contributed by atoms with E-state index in [1.807, 2.05) is 39.8 Å². The first-order chi connectivity index (χ1) is 38.7. The summed E-state index contributed by atoms with van der Waals surface area (Å²) in [6.45, 7) is 8.37. The number of amides is 7. The Labute approximate surface area is 473 Å². The molecule has 8 N–H and O–H groups in total. The minimum Gasteiger partial charge on any atom is -0.558 e. The second-order valence-corrected chi connectivity index (χ2v) is 22.6. The predicted octanol–water partition coefficient (Wildman–Crippen LogP) is -3.30. The topological polar surface area (TPSA) is 344 Å². The number of likely N-dealkylation sites (tertiary alicyclic amines) is 1. The maximum Gasteiger partial charge on any atom is 1.15 e. The molecular formula is C52H75AlFN11O16. The molecule has 27 nitrogen and oxygen atoms in total. The van der Waals surface area contributed by atoms with Crippen molar-refractivity contribution in [3.8, 4) is 0 Å². The Hall–Kier alpha value is -6.35. The summed E-state index contributed by atoms with van der Waals surface area (Å²) in [7, 11) is 0. The highest BCUT2D eigenvalue weighted by Gasteiger charge is 2.47. The SMILES string of the molecule is CC[C@H](C)[C@H](NC(=O)CCNC(=O)CCNC(=O)[C@@H](CCC(=O)O)NC(=O)CN1CCC(CN2CCN3CCN(CC2)CC(=O)[O][Al]([F])[O]C(=O)C3)CC1)C(=O)N[C@H]1CCc2cccc3c2N(C1=O)[C@H](C(=O)NC1CC(=O)OC1O)C3. The van der Waals surface area contributed by atoms with Gasteiger partial charge in [-0.25, -0.2) is 0 Å². The number of carbonyl (C=O) groups is 11. The number of benzene rings is 1. The largest absolute Gasteiger partial charge is 1.15 e. The molecule has 0 aromatic heterocycles. The van der Waals surface area contributed by atoms with Crippen LogP contribution in [0.3, 0.4) is 0 Å². The zero-order valence-electron chi connectivity index (χ0n) is 45.8. The number of para-hydroxylation sites is 1. The number of carbonyl (C=O) groups excluding carboxylic acids is 10. The summed E-state index contributed by atoms with van der Waals surface area (Å²) >= 11 is -3.91. The van der Waals surface area contributed by atoms with Gasteiger partial charge in [-0.15, -0.1) is 0 Å². The highest BCUT2D eigenvalue weighted by Crippen LogP contribution is 2.39. The summed E-state index contributed by atoms with van der Waals surface area (Å²) in [5, 5.41) is 35.5. The maximum atomic E-state index is 14.3. The molecule has 81 heavy (non-hydrogen) atoms. The number of ether oxygens (including phenoxy) is 1. The Bertz CT molecular complexity index is 2470. The van der Waals surface area contributed by atoms with Crippen LogP contribution in [-0.2, 0) is 77.9 Å². The van der Waals surface area contributed by atoms with Crippen molar-refractivity contribution in [2.75, 3.05) is 96.5 Å². The van der Waals surface area contributed by atoms with E-state index in [-0.39, 0.29) is 83.1 Å². The number of esters is 1. The van der Waals surface area contributed by atoms with E-state index in [2.05, 4.69) is 36.8 Å². The molecule has 6 aliphatic rings. The van der Waals surface area contributed by atoms with E-state index in [0.717, 1.165) is 30.5 Å². The molecule has 9 atom stereocenters. The van der Waals surface area contributed by atoms with Gasteiger partial charge < -0.3 is 62.9 Å². The number of hydrogen-bond acceptors (Lipinski definition) is 19. The lowest BCUT2D eigenvalue weighted by molar-refractivity contribution is -0.155. The van der Waals surface area contributed by atoms with Crippen LogP contribution in [0, 0.1) is 11.8 Å². The molecule has 0 saturated carbocycles. The predicted molar refractivity (Wildman–Crippen MR) is 283 cm³/mol. The molecule has 0 aliphatic carbocycles. The Morgan fingerprint density at radius 3 is 2.02 bits per heavy atom. The quantitative estimate of drug-likeness (QED) is 0.0417. The number of piperidine rings is 1. The van der Waals surface area contributed by atoms with Crippen LogP contribution in [0.25, 0.3) is 0 Å². The lowest BCUT2D eigenvalue weighted by Crippen LogP contribution is -2.59. The van der Waals surface area contributed by atoms with Crippen molar-refractivity contribution in [2.45, 2.75) is 121 Å². The smallest absolute Gasteiger partial charge is 0.558 e. The van der Waals surface area contributed by atoms with Crippen molar-refractivity contribution in [1.29, 1.82) is 0 Å². The van der Waals surface area contributed by atoms with Crippen molar-refractivity contribution in [1.82, 2.24) is 51.5 Å². The van der Waals surface area contributed by atoms with Crippen molar-refractivity contribution in [2.24, 2.45) is 11.8 Å². The van der Waals surface area contributed by atoms with Crippen LogP contribution in [0.1, 0.15) is 82.8 Å². The molecule has 4 saturated heterocycles. The third-order valence-electron chi connectivity index (χ3n) is 15.7. The van der Waals surface area contributed by atoms with Crippen molar-refractivity contribution < 1.29 is 78.8 Å². The summed E-state index contributed by atoms with van der Waals surface area (Å²) in [5.74, 6) is -7.46. The van der Waals surface area contributed by atoms with E-state index in [4.69, 9.17) is 12.3 Å². The van der Waals surface area contributed by atoms with E-state index in [0.29, 0.717) is 70.9 Å². The number of halogens is 1. The fraction of sp³-hybridized carbons (Fsp3) is 0.673. The fourth-order valence-electron chi connectivity index (χ4n) is 11.0. The number of nitrogens with one attached hydrogen (secondary N) is 6. The van der Waals surface area contributed by atoms with Gasteiger partial charge in [0, 0.05) is 84.6 Å². The molecule has 29 heteroatoms. The number of aryl methyl sites for hydroxylation is 1. The maximum absolute atomic E-state index is 14.3. The average molecular weight is 1160 g/mol. The van der Waals surface area contributed by atoms with Crippen LogP contribution >= 0.6 is 0 Å². The van der Waals surface area contributed by atoms with Crippen LogP contribution in [0.4, 0.5) is 9.21 Å².